The molecule has 20 heavy (non-hydrogen) atoms. The van der Waals surface area contributed by atoms with Crippen LogP contribution >= 0.6 is 11.3 Å². The molecule has 0 saturated carbocycles. The molecule has 0 radical (unpaired) electrons. The minimum Gasteiger partial charge on any atom is -0.506 e. The first-order valence-corrected chi connectivity index (χ1v) is 7.31. The molecule has 0 aliphatic rings. The number of hydrogen-bond donors (Lipinski definition) is 2. The van der Waals surface area contributed by atoms with Gasteiger partial charge in [-0.2, -0.15) is 0 Å². The van der Waals surface area contributed by atoms with Gasteiger partial charge in [0.05, 0.1) is 11.1 Å². The van der Waals surface area contributed by atoms with Crippen molar-refractivity contribution in [2.45, 2.75) is 20.3 Å². The van der Waals surface area contributed by atoms with E-state index in [1.807, 2.05) is 19.1 Å². The highest BCUT2D eigenvalue weighted by atomic mass is 32.1. The van der Waals surface area contributed by atoms with Crippen molar-refractivity contribution in [1.29, 1.82) is 0 Å². The number of nitrogens with zero attached hydrogens (tertiary/aromatic N) is 2. The van der Waals surface area contributed by atoms with Gasteiger partial charge in [0.2, 0.25) is 0 Å². The summed E-state index contributed by atoms with van der Waals surface area (Å²) in [6.07, 6.45) is 0.780. The maximum Gasteiger partial charge on any atom is 0.143 e. The van der Waals surface area contributed by atoms with Gasteiger partial charge in [0, 0.05) is 11.3 Å². The number of nitrogens with one attached hydrogen (secondary N) is 1. The van der Waals surface area contributed by atoms with E-state index in [-0.39, 0.29) is 5.75 Å². The van der Waals surface area contributed by atoms with Gasteiger partial charge in [-0.25, -0.2) is 9.97 Å². The van der Waals surface area contributed by atoms with Gasteiger partial charge in [-0.05, 0) is 25.1 Å². The van der Waals surface area contributed by atoms with Gasteiger partial charge in [0.15, 0.2) is 0 Å². The molecule has 0 unspecified atom stereocenters. The molecule has 0 saturated heterocycles. The van der Waals surface area contributed by atoms with Crippen LogP contribution in [0, 0.1) is 6.92 Å². The molecular weight excluding hydrogens is 270 g/mol. The molecule has 0 bridgehead atoms. The SMILES string of the molecule is CCc1nc(Nc2ccccc2O)c2cc(C)sc2n1. The highest BCUT2D eigenvalue weighted by Crippen LogP contribution is 2.32. The van der Waals surface area contributed by atoms with E-state index in [9.17, 15) is 5.11 Å². The number of aryl methyl sites for hydroxylation is 2. The third kappa shape index (κ3) is 2.32. The predicted octanol–water partition coefficient (Wildman–Crippen LogP) is 4.01. The first kappa shape index (κ1) is 12.9. The lowest BCUT2D eigenvalue weighted by Gasteiger charge is -2.09. The number of rotatable bonds is 3. The fourth-order valence-electron chi connectivity index (χ4n) is 2.05. The maximum atomic E-state index is 9.87. The second-order valence-corrected chi connectivity index (χ2v) is 5.79. The summed E-state index contributed by atoms with van der Waals surface area (Å²) in [5, 5.41) is 14.1. The summed E-state index contributed by atoms with van der Waals surface area (Å²) >= 11 is 1.66. The van der Waals surface area contributed by atoms with E-state index >= 15 is 0 Å². The van der Waals surface area contributed by atoms with E-state index in [2.05, 4.69) is 28.3 Å². The molecule has 2 N–H and O–H groups in total. The van der Waals surface area contributed by atoms with Crippen molar-refractivity contribution in [2.24, 2.45) is 0 Å². The van der Waals surface area contributed by atoms with Crippen molar-refractivity contribution in [1.82, 2.24) is 9.97 Å². The molecule has 5 heteroatoms. The number of aromatic hydroxyl groups is 1. The van der Waals surface area contributed by atoms with Gasteiger partial charge in [-0.1, -0.05) is 19.1 Å². The van der Waals surface area contributed by atoms with Gasteiger partial charge in [-0.15, -0.1) is 11.3 Å². The van der Waals surface area contributed by atoms with Crippen molar-refractivity contribution in [3.8, 4) is 5.75 Å². The second kappa shape index (κ2) is 5.09. The lowest BCUT2D eigenvalue weighted by atomic mass is 10.2. The largest absolute Gasteiger partial charge is 0.506 e. The minimum absolute atomic E-state index is 0.212. The molecule has 3 aromatic rings. The van der Waals surface area contributed by atoms with Crippen molar-refractivity contribution in [2.75, 3.05) is 5.32 Å². The molecule has 2 heterocycles. The minimum atomic E-state index is 0.212. The summed E-state index contributed by atoms with van der Waals surface area (Å²) < 4.78 is 0. The van der Waals surface area contributed by atoms with Gasteiger partial charge >= 0.3 is 0 Å². The van der Waals surface area contributed by atoms with Crippen LogP contribution < -0.4 is 5.32 Å². The summed E-state index contributed by atoms with van der Waals surface area (Å²) in [6, 6.07) is 9.22. The lowest BCUT2D eigenvalue weighted by Crippen LogP contribution is -1.99. The Kier molecular flexibility index (Phi) is 3.28. The number of fused-ring (bicyclic) bond motifs is 1. The third-order valence-corrected chi connectivity index (χ3v) is 3.98. The second-order valence-electron chi connectivity index (χ2n) is 4.56. The van der Waals surface area contributed by atoms with Crippen LogP contribution in [0.3, 0.4) is 0 Å². The quantitative estimate of drug-likeness (QED) is 0.714. The molecule has 2 aromatic heterocycles. The highest BCUT2D eigenvalue weighted by Gasteiger charge is 2.11. The first-order chi connectivity index (χ1) is 9.67. The van der Waals surface area contributed by atoms with Gasteiger partial charge < -0.3 is 10.4 Å². The fraction of sp³-hybridized carbons (Fsp3) is 0.200. The lowest BCUT2D eigenvalue weighted by molar-refractivity contribution is 0.477. The zero-order chi connectivity index (χ0) is 14.1. The number of anilines is 2. The van der Waals surface area contributed by atoms with Crippen LogP contribution in [0.5, 0.6) is 5.75 Å². The van der Waals surface area contributed by atoms with Crippen molar-refractivity contribution >= 4 is 33.1 Å². The standard InChI is InChI=1S/C15H15N3OS/c1-3-13-17-14(10-8-9(2)20-15(10)18-13)16-11-6-4-5-7-12(11)19/h4-8,19H,3H2,1-2H3,(H,16,17,18). The number of thiophene rings is 1. The van der Waals surface area contributed by atoms with Crippen LogP contribution in [0.25, 0.3) is 10.2 Å². The Bertz CT molecular complexity index is 767. The van der Waals surface area contributed by atoms with Crippen LogP contribution in [-0.4, -0.2) is 15.1 Å². The van der Waals surface area contributed by atoms with E-state index in [1.54, 1.807) is 23.5 Å². The normalized spacial score (nSPS) is 10.9. The Hall–Kier alpha value is -2.14. The number of aromatic nitrogens is 2. The Morgan fingerprint density at radius 2 is 2.05 bits per heavy atom. The Labute approximate surface area is 121 Å². The average Bonchev–Trinajstić information content (AvgIpc) is 2.81. The van der Waals surface area contributed by atoms with Gasteiger partial charge in [-0.3, -0.25) is 0 Å². The molecule has 0 aliphatic heterocycles. The number of phenols is 1. The molecule has 0 amide bonds. The summed E-state index contributed by atoms with van der Waals surface area (Å²) in [5.41, 5.74) is 0.651. The van der Waals surface area contributed by atoms with Crippen LogP contribution in [0.4, 0.5) is 11.5 Å². The Morgan fingerprint density at radius 3 is 2.80 bits per heavy atom. The molecule has 1 aromatic carbocycles. The molecule has 0 aliphatic carbocycles. The summed E-state index contributed by atoms with van der Waals surface area (Å²) in [6.45, 7) is 4.09. The molecule has 4 nitrogen and oxygen atoms in total. The van der Waals surface area contributed by atoms with E-state index < -0.39 is 0 Å². The molecule has 0 atom stereocenters. The molecule has 102 valence electrons. The van der Waals surface area contributed by atoms with E-state index in [0.29, 0.717) is 5.69 Å². The maximum absolute atomic E-state index is 9.87. The summed E-state index contributed by atoms with van der Waals surface area (Å²) in [4.78, 5) is 11.3. The third-order valence-electron chi connectivity index (χ3n) is 3.04. The number of phenolic OH excluding ortho intramolecular Hbond substituents is 1. The molecule has 3 rings (SSSR count). The Balaban J connectivity index is 2.12. The fourth-order valence-corrected chi connectivity index (χ4v) is 2.94. The summed E-state index contributed by atoms with van der Waals surface area (Å²) in [7, 11) is 0. The number of para-hydroxylation sites is 2. The number of benzene rings is 1. The average molecular weight is 285 g/mol. The van der Waals surface area contributed by atoms with Crippen molar-refractivity contribution in [3.05, 3.63) is 41.0 Å². The smallest absolute Gasteiger partial charge is 0.143 e. The Morgan fingerprint density at radius 1 is 1.25 bits per heavy atom. The van der Waals surface area contributed by atoms with E-state index in [4.69, 9.17) is 0 Å². The topological polar surface area (TPSA) is 58.0 Å². The summed E-state index contributed by atoms with van der Waals surface area (Å²) in [5.74, 6) is 1.76. The van der Waals surface area contributed by atoms with Crippen LogP contribution in [-0.2, 0) is 6.42 Å². The van der Waals surface area contributed by atoms with E-state index in [0.717, 1.165) is 28.3 Å². The van der Waals surface area contributed by atoms with Crippen LogP contribution in [0.15, 0.2) is 30.3 Å². The van der Waals surface area contributed by atoms with Crippen molar-refractivity contribution < 1.29 is 5.11 Å². The monoisotopic (exact) mass is 285 g/mol. The number of hydrogen-bond acceptors (Lipinski definition) is 5. The zero-order valence-electron chi connectivity index (χ0n) is 11.3. The van der Waals surface area contributed by atoms with Gasteiger partial charge in [0.25, 0.3) is 0 Å². The van der Waals surface area contributed by atoms with E-state index in [1.165, 1.54) is 4.88 Å². The molecular formula is C15H15N3OS. The highest BCUT2D eigenvalue weighted by molar-refractivity contribution is 7.18. The van der Waals surface area contributed by atoms with Crippen molar-refractivity contribution in [3.63, 3.8) is 0 Å². The van der Waals surface area contributed by atoms with Crippen LogP contribution in [0.1, 0.15) is 17.6 Å². The van der Waals surface area contributed by atoms with Gasteiger partial charge in [0.1, 0.15) is 22.2 Å². The molecule has 0 spiro atoms. The zero-order valence-corrected chi connectivity index (χ0v) is 12.2. The van der Waals surface area contributed by atoms with Crippen LogP contribution in [0.2, 0.25) is 0 Å². The predicted molar refractivity (Wildman–Crippen MR) is 82.9 cm³/mol. The first-order valence-electron chi connectivity index (χ1n) is 6.49. The molecule has 0 fully saturated rings.